The Morgan fingerprint density at radius 1 is 1.14 bits per heavy atom. The molecule has 8 nitrogen and oxygen atoms in total. The van der Waals surface area contributed by atoms with Gasteiger partial charge in [0.2, 0.25) is 11.0 Å². The van der Waals surface area contributed by atoms with Crippen LogP contribution in [0.15, 0.2) is 52.9 Å². The highest BCUT2D eigenvalue weighted by Crippen LogP contribution is 2.32. The van der Waals surface area contributed by atoms with Crippen molar-refractivity contribution in [2.45, 2.75) is 23.4 Å². The number of aryl methyl sites for hydroxylation is 1. The molecule has 0 spiro atoms. The zero-order valence-corrected chi connectivity index (χ0v) is 16.7. The summed E-state index contributed by atoms with van der Waals surface area (Å²) in [5.41, 5.74) is 2.05. The molecule has 2 aromatic carbocycles. The van der Waals surface area contributed by atoms with Gasteiger partial charge in [-0.05, 0) is 31.5 Å². The average molecular weight is 416 g/mol. The van der Waals surface area contributed by atoms with E-state index in [1.807, 2.05) is 31.2 Å². The normalized spacial score (nSPS) is 11.6. The molecule has 0 saturated heterocycles. The second-order valence-electron chi connectivity index (χ2n) is 5.84. The maximum atomic E-state index is 12.4. The van der Waals surface area contributed by atoms with Crippen LogP contribution in [0.1, 0.15) is 12.5 Å². The van der Waals surface area contributed by atoms with E-state index in [0.29, 0.717) is 9.47 Å². The fourth-order valence-corrected chi connectivity index (χ4v) is 4.22. The Bertz CT molecular complexity index is 1010. The summed E-state index contributed by atoms with van der Waals surface area (Å²) in [6, 6.07) is 13.9. The maximum absolute atomic E-state index is 12.4. The molecule has 144 valence electrons. The van der Waals surface area contributed by atoms with Crippen molar-refractivity contribution in [3.8, 4) is 0 Å². The zero-order valence-electron chi connectivity index (χ0n) is 15.1. The molecule has 10 heteroatoms. The number of carbonyl (C=O) groups excluding carboxylic acids is 1. The summed E-state index contributed by atoms with van der Waals surface area (Å²) < 4.78 is 0.626. The van der Waals surface area contributed by atoms with Gasteiger partial charge >= 0.3 is 0 Å². The lowest BCUT2D eigenvalue weighted by atomic mass is 10.2. The summed E-state index contributed by atoms with van der Waals surface area (Å²) in [6.45, 7) is 3.71. The van der Waals surface area contributed by atoms with Gasteiger partial charge < -0.3 is 10.6 Å². The van der Waals surface area contributed by atoms with E-state index in [1.165, 1.54) is 35.2 Å². The number of amides is 1. The number of hydrogen-bond donors (Lipinski definition) is 2. The van der Waals surface area contributed by atoms with Crippen molar-refractivity contribution in [2.75, 3.05) is 10.6 Å². The zero-order chi connectivity index (χ0) is 20.1. The number of benzene rings is 2. The number of nitro benzene ring substituents is 1. The first-order chi connectivity index (χ1) is 13.4. The van der Waals surface area contributed by atoms with Crippen LogP contribution in [0.25, 0.3) is 0 Å². The lowest BCUT2D eigenvalue weighted by Crippen LogP contribution is -2.22. The number of carbonyl (C=O) groups is 1. The summed E-state index contributed by atoms with van der Waals surface area (Å²) in [5.74, 6) is -0.345. The first kappa shape index (κ1) is 19.8. The number of anilines is 3. The molecular formula is C18H17N5O3S2. The van der Waals surface area contributed by atoms with Crippen LogP contribution >= 0.6 is 23.1 Å². The van der Waals surface area contributed by atoms with E-state index in [0.717, 1.165) is 11.3 Å². The fourth-order valence-electron chi connectivity index (χ4n) is 2.31. The molecule has 3 aromatic rings. The Morgan fingerprint density at radius 3 is 2.54 bits per heavy atom. The molecule has 0 bridgehead atoms. The van der Waals surface area contributed by atoms with E-state index >= 15 is 0 Å². The molecule has 0 aliphatic carbocycles. The first-order valence-corrected chi connectivity index (χ1v) is 10.0. The van der Waals surface area contributed by atoms with Crippen LogP contribution in [0.3, 0.4) is 0 Å². The molecule has 1 aromatic heterocycles. The second kappa shape index (κ2) is 8.81. The molecule has 1 atom stereocenters. The largest absolute Gasteiger partial charge is 0.330 e. The number of thioether (sulfide) groups is 1. The number of hydrogen-bond acceptors (Lipinski definition) is 8. The molecule has 0 aliphatic heterocycles. The van der Waals surface area contributed by atoms with Crippen LogP contribution in [0, 0.1) is 17.0 Å². The summed E-state index contributed by atoms with van der Waals surface area (Å²) in [7, 11) is 0. The highest BCUT2D eigenvalue weighted by atomic mass is 32.2. The standard InChI is InChI=1S/C18H17N5O3S2/c1-11-7-3-4-8-13(11)20-17-21-22-18(28-17)27-12(2)16(24)19-14-9-5-6-10-15(14)23(25)26/h3-10,12H,1-2H3,(H,19,24)(H,20,21). The predicted molar refractivity (Wildman–Crippen MR) is 111 cm³/mol. The van der Waals surface area contributed by atoms with Gasteiger partial charge in [-0.1, -0.05) is 53.4 Å². The van der Waals surface area contributed by atoms with Crippen LogP contribution in [0.5, 0.6) is 0 Å². The molecule has 1 unspecified atom stereocenters. The molecule has 0 aliphatic rings. The van der Waals surface area contributed by atoms with Crippen molar-refractivity contribution in [2.24, 2.45) is 0 Å². The van der Waals surface area contributed by atoms with E-state index < -0.39 is 10.2 Å². The molecule has 0 fully saturated rings. The molecular weight excluding hydrogens is 398 g/mol. The average Bonchev–Trinajstić information content (AvgIpc) is 3.10. The monoisotopic (exact) mass is 415 g/mol. The minimum absolute atomic E-state index is 0.145. The Labute approximate surface area is 169 Å². The van der Waals surface area contributed by atoms with Crippen molar-refractivity contribution < 1.29 is 9.72 Å². The molecule has 1 heterocycles. The number of para-hydroxylation sites is 3. The van der Waals surface area contributed by atoms with Gasteiger partial charge in [-0.2, -0.15) is 0 Å². The summed E-state index contributed by atoms with van der Waals surface area (Å²) in [6.07, 6.45) is 0. The van der Waals surface area contributed by atoms with Crippen LogP contribution in [0.4, 0.5) is 22.2 Å². The third-order valence-corrected chi connectivity index (χ3v) is 5.82. The van der Waals surface area contributed by atoms with Gasteiger partial charge in [-0.3, -0.25) is 14.9 Å². The Hall–Kier alpha value is -2.98. The maximum Gasteiger partial charge on any atom is 0.292 e. The predicted octanol–water partition coefficient (Wildman–Crippen LogP) is 4.62. The van der Waals surface area contributed by atoms with Gasteiger partial charge in [-0.25, -0.2) is 0 Å². The fraction of sp³-hybridized carbons (Fsp3) is 0.167. The minimum atomic E-state index is -0.526. The minimum Gasteiger partial charge on any atom is -0.330 e. The van der Waals surface area contributed by atoms with Crippen molar-refractivity contribution in [3.63, 3.8) is 0 Å². The first-order valence-electron chi connectivity index (χ1n) is 8.31. The lowest BCUT2D eigenvalue weighted by Gasteiger charge is -2.10. The molecule has 3 rings (SSSR count). The van der Waals surface area contributed by atoms with E-state index in [4.69, 9.17) is 0 Å². The van der Waals surface area contributed by atoms with Crippen molar-refractivity contribution >= 4 is 51.2 Å². The highest BCUT2D eigenvalue weighted by Gasteiger charge is 2.21. The van der Waals surface area contributed by atoms with Crippen molar-refractivity contribution in [3.05, 3.63) is 64.2 Å². The summed E-state index contributed by atoms with van der Waals surface area (Å²) in [5, 5.41) is 25.2. The Balaban J connectivity index is 1.63. The molecule has 0 saturated carbocycles. The molecule has 0 radical (unpaired) electrons. The Morgan fingerprint density at radius 2 is 1.82 bits per heavy atom. The molecule has 2 N–H and O–H groups in total. The van der Waals surface area contributed by atoms with E-state index in [-0.39, 0.29) is 17.3 Å². The van der Waals surface area contributed by atoms with Crippen LogP contribution in [0.2, 0.25) is 0 Å². The quantitative estimate of drug-likeness (QED) is 0.329. The van der Waals surface area contributed by atoms with Crippen molar-refractivity contribution in [1.82, 2.24) is 10.2 Å². The second-order valence-corrected chi connectivity index (χ2v) is 8.40. The lowest BCUT2D eigenvalue weighted by molar-refractivity contribution is -0.383. The topological polar surface area (TPSA) is 110 Å². The SMILES string of the molecule is Cc1ccccc1Nc1nnc(SC(C)C(=O)Nc2ccccc2[N+](=O)[O-])s1. The van der Waals surface area contributed by atoms with Crippen LogP contribution in [-0.4, -0.2) is 26.3 Å². The third-order valence-electron chi connectivity index (χ3n) is 3.80. The molecule has 1 amide bonds. The number of nitrogens with one attached hydrogen (secondary N) is 2. The smallest absolute Gasteiger partial charge is 0.292 e. The van der Waals surface area contributed by atoms with Gasteiger partial charge in [0.05, 0.1) is 10.2 Å². The van der Waals surface area contributed by atoms with Gasteiger partial charge in [0, 0.05) is 11.8 Å². The van der Waals surface area contributed by atoms with Gasteiger partial charge in [0.25, 0.3) is 5.69 Å². The van der Waals surface area contributed by atoms with Gasteiger partial charge in [0.1, 0.15) is 5.69 Å². The highest BCUT2D eigenvalue weighted by molar-refractivity contribution is 8.02. The summed E-state index contributed by atoms with van der Waals surface area (Å²) in [4.78, 5) is 23.0. The number of nitrogens with zero attached hydrogens (tertiary/aromatic N) is 3. The third kappa shape index (κ3) is 4.84. The van der Waals surface area contributed by atoms with Gasteiger partial charge in [0.15, 0.2) is 4.34 Å². The number of nitro groups is 1. The summed E-state index contributed by atoms with van der Waals surface area (Å²) >= 11 is 2.58. The Kier molecular flexibility index (Phi) is 6.22. The molecule has 28 heavy (non-hydrogen) atoms. The van der Waals surface area contributed by atoms with E-state index in [9.17, 15) is 14.9 Å². The number of aromatic nitrogens is 2. The van der Waals surface area contributed by atoms with E-state index in [2.05, 4.69) is 20.8 Å². The number of rotatable bonds is 7. The van der Waals surface area contributed by atoms with Gasteiger partial charge in [-0.15, -0.1) is 10.2 Å². The van der Waals surface area contributed by atoms with Crippen LogP contribution < -0.4 is 10.6 Å². The van der Waals surface area contributed by atoms with Crippen LogP contribution in [-0.2, 0) is 4.79 Å². The van der Waals surface area contributed by atoms with E-state index in [1.54, 1.807) is 19.1 Å². The van der Waals surface area contributed by atoms with Crippen molar-refractivity contribution in [1.29, 1.82) is 0 Å².